The number of nitrogens with one attached hydrogen (secondary N) is 1. The first-order chi connectivity index (χ1) is 10.4. The Bertz CT molecular complexity index is 505. The van der Waals surface area contributed by atoms with Crippen molar-refractivity contribution in [2.75, 3.05) is 63.6 Å². The summed E-state index contributed by atoms with van der Waals surface area (Å²) in [6, 6.07) is 0. The van der Waals surface area contributed by atoms with Gasteiger partial charge in [0.2, 0.25) is 0 Å². The summed E-state index contributed by atoms with van der Waals surface area (Å²) in [4.78, 5) is 8.84. The number of rotatable bonds is 3. The molecule has 23 heavy (non-hydrogen) atoms. The Labute approximate surface area is 161 Å². The summed E-state index contributed by atoms with van der Waals surface area (Å²) < 4.78 is 23.5. The van der Waals surface area contributed by atoms with Crippen LogP contribution < -0.4 is 5.32 Å². The van der Waals surface area contributed by atoms with Gasteiger partial charge in [-0.05, 0) is 13.8 Å². The van der Waals surface area contributed by atoms with Crippen molar-refractivity contribution < 1.29 is 8.42 Å². The molecule has 1 N–H and O–H groups in total. The zero-order chi connectivity index (χ0) is 16.2. The third kappa shape index (κ3) is 5.64. The Kier molecular flexibility index (Phi) is 8.42. The van der Waals surface area contributed by atoms with Crippen LogP contribution >= 0.6 is 35.7 Å². The van der Waals surface area contributed by atoms with Crippen LogP contribution in [0.3, 0.4) is 0 Å². The highest BCUT2D eigenvalue weighted by atomic mass is 127. The van der Waals surface area contributed by atoms with E-state index in [0.29, 0.717) is 13.1 Å². The van der Waals surface area contributed by atoms with E-state index in [9.17, 15) is 8.42 Å². The van der Waals surface area contributed by atoms with Crippen LogP contribution in [-0.4, -0.2) is 92.5 Å². The van der Waals surface area contributed by atoms with Crippen LogP contribution in [0, 0.1) is 0 Å². The second-order valence-corrected chi connectivity index (χ2v) is 10.4. The zero-order valence-electron chi connectivity index (χ0n) is 14.2. The van der Waals surface area contributed by atoms with Crippen LogP contribution in [0.2, 0.25) is 0 Å². The van der Waals surface area contributed by atoms with Gasteiger partial charge in [0.05, 0.1) is 10.5 Å². The van der Waals surface area contributed by atoms with Crippen molar-refractivity contribution in [2.24, 2.45) is 4.99 Å². The fourth-order valence-corrected chi connectivity index (χ4v) is 5.15. The van der Waals surface area contributed by atoms with E-state index in [2.05, 4.69) is 20.1 Å². The van der Waals surface area contributed by atoms with Gasteiger partial charge >= 0.3 is 0 Å². The lowest BCUT2D eigenvalue weighted by Gasteiger charge is -2.39. The Morgan fingerprint density at radius 3 is 2.48 bits per heavy atom. The molecule has 0 atom stereocenters. The molecule has 2 fully saturated rings. The first-order valence-corrected chi connectivity index (χ1v) is 10.6. The van der Waals surface area contributed by atoms with Crippen molar-refractivity contribution in [1.82, 2.24) is 15.1 Å². The van der Waals surface area contributed by atoms with E-state index in [4.69, 9.17) is 0 Å². The molecule has 0 unspecified atom stereocenters. The molecular formula is C14H29IN4O2S2. The third-order valence-electron chi connectivity index (χ3n) is 4.37. The highest BCUT2D eigenvalue weighted by molar-refractivity contribution is 14.0. The van der Waals surface area contributed by atoms with Crippen LogP contribution in [-0.2, 0) is 9.84 Å². The summed E-state index contributed by atoms with van der Waals surface area (Å²) in [5, 5.41) is 3.38. The molecule has 2 heterocycles. The molecule has 0 amide bonds. The number of sulfone groups is 1. The fourth-order valence-electron chi connectivity index (χ4n) is 2.81. The molecule has 9 heteroatoms. The Hall–Kier alpha value is 0.260. The highest BCUT2D eigenvalue weighted by Crippen LogP contribution is 2.23. The number of aliphatic imine (C=N–C) groups is 1. The van der Waals surface area contributed by atoms with Crippen LogP contribution in [0.25, 0.3) is 0 Å². The normalized spacial score (nSPS) is 24.8. The third-order valence-corrected chi connectivity index (χ3v) is 7.85. The van der Waals surface area contributed by atoms with Gasteiger partial charge in [-0.3, -0.25) is 9.89 Å². The van der Waals surface area contributed by atoms with Crippen LogP contribution in [0.4, 0.5) is 0 Å². The number of nitrogens with zero attached hydrogens (tertiary/aromatic N) is 3. The minimum atomic E-state index is -3.01. The summed E-state index contributed by atoms with van der Waals surface area (Å²) in [6.45, 7) is 8.78. The standard InChI is InChI=1S/C14H28N4O2S2.HI/c1-14(2)12-18(8-11-22(14,19)20)13(15-3)16-4-5-17-6-9-21-10-7-17;/h4-12H2,1-3H3,(H,15,16);1H. The maximum atomic E-state index is 12.1. The molecule has 0 aromatic carbocycles. The average Bonchev–Trinajstić information content (AvgIpc) is 2.48. The van der Waals surface area contributed by atoms with E-state index in [-0.39, 0.29) is 29.7 Å². The van der Waals surface area contributed by atoms with E-state index >= 15 is 0 Å². The Balaban J connectivity index is 0.00000264. The second kappa shape index (κ2) is 9.10. The van der Waals surface area contributed by atoms with Crippen molar-refractivity contribution in [3.63, 3.8) is 0 Å². The molecule has 0 spiro atoms. The molecule has 0 aliphatic carbocycles. The van der Waals surface area contributed by atoms with Gasteiger partial charge in [-0.2, -0.15) is 11.8 Å². The van der Waals surface area contributed by atoms with Gasteiger partial charge in [0.15, 0.2) is 15.8 Å². The van der Waals surface area contributed by atoms with Crippen LogP contribution in [0.15, 0.2) is 4.99 Å². The number of hydrogen-bond donors (Lipinski definition) is 1. The minimum Gasteiger partial charge on any atom is -0.355 e. The van der Waals surface area contributed by atoms with Gasteiger partial charge in [-0.25, -0.2) is 8.42 Å². The lowest BCUT2D eigenvalue weighted by Crippen LogP contribution is -2.57. The van der Waals surface area contributed by atoms with Gasteiger partial charge < -0.3 is 10.2 Å². The van der Waals surface area contributed by atoms with E-state index in [0.717, 1.165) is 32.1 Å². The molecule has 136 valence electrons. The van der Waals surface area contributed by atoms with E-state index < -0.39 is 14.6 Å². The molecule has 0 aromatic heterocycles. The smallest absolute Gasteiger partial charge is 0.193 e. The molecule has 2 rings (SSSR count). The first kappa shape index (κ1) is 21.3. The largest absolute Gasteiger partial charge is 0.355 e. The number of guanidine groups is 1. The topological polar surface area (TPSA) is 65.0 Å². The second-order valence-electron chi connectivity index (χ2n) is 6.43. The summed E-state index contributed by atoms with van der Waals surface area (Å²) in [7, 11) is -1.25. The quantitative estimate of drug-likeness (QED) is 0.368. The molecule has 0 bridgehead atoms. The lowest BCUT2D eigenvalue weighted by atomic mass is 10.2. The Morgan fingerprint density at radius 2 is 1.91 bits per heavy atom. The SMILES string of the molecule is CN=C(NCCN1CCSCC1)N1CCS(=O)(=O)C(C)(C)C1.I. The van der Waals surface area contributed by atoms with Crippen molar-refractivity contribution in [3.05, 3.63) is 0 Å². The fraction of sp³-hybridized carbons (Fsp3) is 0.929. The molecule has 2 aliphatic heterocycles. The van der Waals surface area contributed by atoms with Gasteiger partial charge in [0.1, 0.15) is 0 Å². The number of hydrogen-bond acceptors (Lipinski definition) is 5. The van der Waals surface area contributed by atoms with Crippen LogP contribution in [0.1, 0.15) is 13.8 Å². The molecule has 2 saturated heterocycles. The van der Waals surface area contributed by atoms with E-state index in [1.54, 1.807) is 20.9 Å². The summed E-state index contributed by atoms with van der Waals surface area (Å²) >= 11 is 2.01. The predicted octanol–water partition coefficient (Wildman–Crippen LogP) is 0.738. The summed E-state index contributed by atoms with van der Waals surface area (Å²) in [6.07, 6.45) is 0. The van der Waals surface area contributed by atoms with Crippen molar-refractivity contribution >= 4 is 51.5 Å². The minimum absolute atomic E-state index is 0. The summed E-state index contributed by atoms with van der Waals surface area (Å²) in [5.41, 5.74) is 0. The summed E-state index contributed by atoms with van der Waals surface area (Å²) in [5.74, 6) is 3.44. The highest BCUT2D eigenvalue weighted by Gasteiger charge is 2.40. The monoisotopic (exact) mass is 476 g/mol. The van der Waals surface area contributed by atoms with E-state index in [1.807, 2.05) is 11.8 Å². The predicted molar refractivity (Wildman–Crippen MR) is 110 cm³/mol. The molecule has 0 aromatic rings. The van der Waals surface area contributed by atoms with Crippen LogP contribution in [0.5, 0.6) is 0 Å². The van der Waals surface area contributed by atoms with Gasteiger partial charge in [-0.1, -0.05) is 0 Å². The van der Waals surface area contributed by atoms with Gasteiger partial charge in [0, 0.05) is 57.8 Å². The van der Waals surface area contributed by atoms with E-state index in [1.165, 1.54) is 11.5 Å². The number of halogens is 1. The molecule has 0 radical (unpaired) electrons. The molecular weight excluding hydrogens is 447 g/mol. The van der Waals surface area contributed by atoms with Gasteiger partial charge in [-0.15, -0.1) is 24.0 Å². The number of thioether (sulfide) groups is 1. The lowest BCUT2D eigenvalue weighted by molar-refractivity contribution is 0.302. The zero-order valence-corrected chi connectivity index (χ0v) is 18.2. The van der Waals surface area contributed by atoms with Gasteiger partial charge in [0.25, 0.3) is 0 Å². The molecule has 0 saturated carbocycles. The van der Waals surface area contributed by atoms with Crippen molar-refractivity contribution in [1.29, 1.82) is 0 Å². The average molecular weight is 476 g/mol. The maximum Gasteiger partial charge on any atom is 0.193 e. The molecule has 6 nitrogen and oxygen atoms in total. The Morgan fingerprint density at radius 1 is 1.26 bits per heavy atom. The maximum absolute atomic E-state index is 12.1. The molecule has 2 aliphatic rings. The van der Waals surface area contributed by atoms with Crippen molar-refractivity contribution in [2.45, 2.75) is 18.6 Å². The first-order valence-electron chi connectivity index (χ1n) is 7.84. The van der Waals surface area contributed by atoms with Crippen molar-refractivity contribution in [3.8, 4) is 0 Å².